The molecule has 2 aromatic carbocycles. The molecule has 4 aromatic rings. The van der Waals surface area contributed by atoms with Gasteiger partial charge in [0.25, 0.3) is 5.56 Å². The van der Waals surface area contributed by atoms with Gasteiger partial charge in [0.15, 0.2) is 5.82 Å². The average Bonchev–Trinajstić information content (AvgIpc) is 3.80. The number of carbonyl (C=O) groups is 1. The normalized spacial score (nSPS) is 17.6. The van der Waals surface area contributed by atoms with E-state index < -0.39 is 5.41 Å². The quantitative estimate of drug-likeness (QED) is 0.165. The van der Waals surface area contributed by atoms with Gasteiger partial charge >= 0.3 is 5.97 Å². The highest BCUT2D eigenvalue weighted by Gasteiger charge is 2.51. The lowest BCUT2D eigenvalue weighted by atomic mass is 9.76. The maximum Gasteiger partial charge on any atom is 0.314 e. The summed E-state index contributed by atoms with van der Waals surface area (Å²) in [6.07, 6.45) is 10.1. The predicted octanol–water partition coefficient (Wildman–Crippen LogP) is 6.28. The number of aromatic nitrogens is 6. The van der Waals surface area contributed by atoms with Crippen molar-refractivity contribution in [2.75, 3.05) is 6.61 Å². The maximum atomic E-state index is 14.4. The molecule has 0 amide bonds. The van der Waals surface area contributed by atoms with Crippen LogP contribution in [0.2, 0.25) is 0 Å². The Bertz CT molecular complexity index is 1600. The zero-order valence-electron chi connectivity index (χ0n) is 25.3. The first-order valence-electron chi connectivity index (χ1n) is 16.0. The second-order valence-corrected chi connectivity index (χ2v) is 12.1. The molecule has 1 aliphatic heterocycles. The molecule has 3 heterocycles. The van der Waals surface area contributed by atoms with Gasteiger partial charge in [-0.05, 0) is 72.6 Å². The minimum atomic E-state index is -0.609. The van der Waals surface area contributed by atoms with E-state index in [4.69, 9.17) is 4.74 Å². The molecule has 0 bridgehead atoms. The first kappa shape index (κ1) is 29.1. The van der Waals surface area contributed by atoms with Crippen LogP contribution >= 0.6 is 0 Å². The van der Waals surface area contributed by atoms with Crippen molar-refractivity contribution < 1.29 is 9.53 Å². The topological polar surface area (TPSA) is 108 Å². The number of hydrogen-bond donors (Lipinski definition) is 1. The third kappa shape index (κ3) is 5.45. The van der Waals surface area contributed by atoms with Gasteiger partial charge < -0.3 is 4.74 Å². The SMILES string of the molecule is CCCCCc1c(Cc2ccc(-c3ccccc3-c3nnn[nH]3)cc2)c(=O)n2n1CCCC2C1(C(=O)OCC)CCCC1. The molecule has 1 fully saturated rings. The molecule has 9 nitrogen and oxygen atoms in total. The number of aromatic amines is 1. The number of tetrazole rings is 1. The fraction of sp³-hybridized carbons (Fsp3) is 0.500. The van der Waals surface area contributed by atoms with Crippen LogP contribution in [0.25, 0.3) is 22.5 Å². The fourth-order valence-corrected chi connectivity index (χ4v) is 7.45. The largest absolute Gasteiger partial charge is 0.466 e. The van der Waals surface area contributed by atoms with E-state index in [2.05, 4.69) is 62.6 Å². The minimum absolute atomic E-state index is 0.0685. The van der Waals surface area contributed by atoms with Crippen LogP contribution in [-0.4, -0.2) is 42.6 Å². The first-order valence-corrected chi connectivity index (χ1v) is 16.0. The maximum absolute atomic E-state index is 14.4. The van der Waals surface area contributed by atoms with Crippen LogP contribution in [0.4, 0.5) is 0 Å². The van der Waals surface area contributed by atoms with Crippen LogP contribution in [0, 0.1) is 5.41 Å². The number of benzene rings is 2. The van der Waals surface area contributed by atoms with Gasteiger partial charge in [0.2, 0.25) is 0 Å². The number of unbranched alkanes of at least 4 members (excludes halogenated alkanes) is 2. The monoisotopic (exact) mass is 582 g/mol. The molecule has 226 valence electrons. The molecule has 9 heteroatoms. The molecular weight excluding hydrogens is 540 g/mol. The first-order chi connectivity index (χ1) is 21.1. The summed E-state index contributed by atoms with van der Waals surface area (Å²) in [5.41, 5.74) is 5.61. The number of hydrogen-bond acceptors (Lipinski definition) is 6. The fourth-order valence-electron chi connectivity index (χ4n) is 7.45. The molecule has 1 saturated carbocycles. The van der Waals surface area contributed by atoms with Gasteiger partial charge in [0.1, 0.15) is 0 Å². The Morgan fingerprint density at radius 2 is 1.79 bits per heavy atom. The Morgan fingerprint density at radius 3 is 2.49 bits per heavy atom. The Labute approximate surface area is 252 Å². The lowest BCUT2D eigenvalue weighted by Crippen LogP contribution is -2.46. The molecule has 0 saturated heterocycles. The van der Waals surface area contributed by atoms with E-state index in [1.807, 2.05) is 29.8 Å². The van der Waals surface area contributed by atoms with Gasteiger partial charge in [0, 0.05) is 29.8 Å². The summed E-state index contributed by atoms with van der Waals surface area (Å²) in [5, 5.41) is 14.4. The highest BCUT2D eigenvalue weighted by Crippen LogP contribution is 2.50. The van der Waals surface area contributed by atoms with Gasteiger partial charge in [-0.3, -0.25) is 14.3 Å². The van der Waals surface area contributed by atoms with Crippen LogP contribution < -0.4 is 5.56 Å². The summed E-state index contributed by atoms with van der Waals surface area (Å²) in [6.45, 7) is 5.26. The molecule has 43 heavy (non-hydrogen) atoms. The Balaban J connectivity index is 1.36. The lowest BCUT2D eigenvalue weighted by molar-refractivity contribution is -0.159. The summed E-state index contributed by atoms with van der Waals surface area (Å²) in [4.78, 5) is 27.9. The van der Waals surface area contributed by atoms with Crippen LogP contribution in [-0.2, 0) is 28.9 Å². The van der Waals surface area contributed by atoms with E-state index in [9.17, 15) is 9.59 Å². The van der Waals surface area contributed by atoms with Crippen molar-refractivity contribution in [2.24, 2.45) is 5.41 Å². The van der Waals surface area contributed by atoms with E-state index >= 15 is 0 Å². The molecule has 0 spiro atoms. The molecule has 1 N–H and O–H groups in total. The summed E-state index contributed by atoms with van der Waals surface area (Å²) in [6, 6.07) is 16.4. The number of nitrogens with one attached hydrogen (secondary N) is 1. The molecule has 2 aromatic heterocycles. The van der Waals surface area contributed by atoms with Gasteiger partial charge in [-0.15, -0.1) is 5.10 Å². The summed E-state index contributed by atoms with van der Waals surface area (Å²) < 4.78 is 9.88. The molecule has 1 unspecified atom stereocenters. The van der Waals surface area contributed by atoms with Gasteiger partial charge in [-0.25, -0.2) is 9.78 Å². The van der Waals surface area contributed by atoms with E-state index in [1.165, 1.54) is 0 Å². The van der Waals surface area contributed by atoms with Gasteiger partial charge in [-0.2, -0.15) is 0 Å². The number of fused-ring (bicyclic) bond motifs is 1. The minimum Gasteiger partial charge on any atom is -0.466 e. The van der Waals surface area contributed by atoms with Crippen molar-refractivity contribution in [1.82, 2.24) is 30.0 Å². The standard InChI is InChI=1S/C34H42N6O3/c1-3-5-6-14-29-28(23-24-16-18-25(19-17-24)26-12-7-8-13-27(26)31-35-37-38-36-31)32(41)40-30(15-11-22-39(29)40)34(20-9-10-21-34)33(42)43-4-2/h7-8,12-13,16-19,30H,3-6,9-11,14-15,20-23H2,1-2H3,(H,35,36,37,38). The average molecular weight is 583 g/mol. The highest BCUT2D eigenvalue weighted by molar-refractivity contribution is 5.80. The van der Waals surface area contributed by atoms with Crippen molar-refractivity contribution in [2.45, 2.75) is 97.1 Å². The Morgan fingerprint density at radius 1 is 1.02 bits per heavy atom. The van der Waals surface area contributed by atoms with Crippen LogP contribution in [0.1, 0.15) is 94.5 Å². The van der Waals surface area contributed by atoms with Crippen LogP contribution in [0.5, 0.6) is 0 Å². The number of rotatable bonds is 11. The smallest absolute Gasteiger partial charge is 0.314 e. The molecule has 0 radical (unpaired) electrons. The number of carbonyl (C=O) groups excluding carboxylic acids is 1. The van der Waals surface area contributed by atoms with Crippen molar-refractivity contribution in [1.29, 1.82) is 0 Å². The predicted molar refractivity (Wildman–Crippen MR) is 166 cm³/mol. The van der Waals surface area contributed by atoms with Crippen molar-refractivity contribution >= 4 is 5.97 Å². The lowest BCUT2D eigenvalue weighted by Gasteiger charge is -2.39. The third-order valence-corrected chi connectivity index (χ3v) is 9.54. The van der Waals surface area contributed by atoms with E-state index in [-0.39, 0.29) is 17.6 Å². The van der Waals surface area contributed by atoms with Crippen LogP contribution in [0.15, 0.2) is 53.3 Å². The number of nitrogens with zero attached hydrogens (tertiary/aromatic N) is 5. The zero-order chi connectivity index (χ0) is 29.8. The molecule has 6 rings (SSSR count). The second kappa shape index (κ2) is 12.7. The Kier molecular flexibility index (Phi) is 8.58. The summed E-state index contributed by atoms with van der Waals surface area (Å²) in [7, 11) is 0. The van der Waals surface area contributed by atoms with E-state index in [1.54, 1.807) is 0 Å². The second-order valence-electron chi connectivity index (χ2n) is 12.1. The molecule has 2 aliphatic rings. The molecule has 1 aliphatic carbocycles. The van der Waals surface area contributed by atoms with Crippen molar-refractivity contribution in [3.63, 3.8) is 0 Å². The van der Waals surface area contributed by atoms with Crippen molar-refractivity contribution in [3.05, 3.63) is 75.7 Å². The van der Waals surface area contributed by atoms with Gasteiger partial charge in [-0.1, -0.05) is 81.1 Å². The zero-order valence-corrected chi connectivity index (χ0v) is 25.3. The third-order valence-electron chi connectivity index (χ3n) is 9.54. The van der Waals surface area contributed by atoms with Crippen LogP contribution in [0.3, 0.4) is 0 Å². The molecular formula is C34H42N6O3. The highest BCUT2D eigenvalue weighted by atomic mass is 16.5. The number of esters is 1. The summed E-state index contributed by atoms with van der Waals surface area (Å²) in [5.74, 6) is 0.506. The van der Waals surface area contributed by atoms with E-state index in [0.29, 0.717) is 18.9 Å². The number of ether oxygens (including phenoxy) is 1. The molecule has 1 atom stereocenters. The van der Waals surface area contributed by atoms with E-state index in [0.717, 1.165) is 104 Å². The van der Waals surface area contributed by atoms with Crippen molar-refractivity contribution in [3.8, 4) is 22.5 Å². The number of H-pyrrole nitrogens is 1. The van der Waals surface area contributed by atoms with Gasteiger partial charge in [0.05, 0.1) is 18.1 Å². The summed E-state index contributed by atoms with van der Waals surface area (Å²) >= 11 is 0. The Hall–Kier alpha value is -4.01.